The van der Waals surface area contributed by atoms with E-state index in [1.165, 1.54) is 0 Å². The zero-order chi connectivity index (χ0) is 12.0. The Balaban J connectivity index is 2.61. The Bertz CT molecular complexity index is 306. The van der Waals surface area contributed by atoms with Gasteiger partial charge >= 0.3 is 0 Å². The van der Waals surface area contributed by atoms with Crippen LogP contribution >= 0.6 is 0 Å². The van der Waals surface area contributed by atoms with Crippen molar-refractivity contribution in [1.29, 1.82) is 0 Å². The molecule has 1 atom stereocenters. The maximum absolute atomic E-state index is 12.0. The molecular weight excluding hydrogens is 202 g/mol. The van der Waals surface area contributed by atoms with E-state index < -0.39 is 0 Å². The van der Waals surface area contributed by atoms with Crippen LogP contribution < -0.4 is 5.32 Å². The monoisotopic (exact) mass is 223 g/mol. The lowest BCUT2D eigenvalue weighted by molar-refractivity contribution is -0.125. The third kappa shape index (κ3) is 3.36. The lowest BCUT2D eigenvalue weighted by atomic mass is 10.0. The van der Waals surface area contributed by atoms with Crippen molar-refractivity contribution in [2.24, 2.45) is 5.92 Å². The summed E-state index contributed by atoms with van der Waals surface area (Å²) in [7, 11) is 0. The van der Waals surface area contributed by atoms with E-state index in [2.05, 4.69) is 17.2 Å². The molecule has 0 fully saturated rings. The molecule has 1 N–H and O–H groups in total. The first-order valence-corrected chi connectivity index (χ1v) is 5.92. The van der Waals surface area contributed by atoms with E-state index in [1.807, 2.05) is 24.6 Å². The van der Waals surface area contributed by atoms with Gasteiger partial charge < -0.3 is 9.88 Å². The van der Waals surface area contributed by atoms with Crippen LogP contribution in [0.5, 0.6) is 0 Å². The summed E-state index contributed by atoms with van der Waals surface area (Å²) in [6.07, 6.45) is 7.36. The molecule has 90 valence electrons. The van der Waals surface area contributed by atoms with Crippen molar-refractivity contribution in [2.75, 3.05) is 6.54 Å². The summed E-state index contributed by atoms with van der Waals surface area (Å²) in [5.74, 6) is 0.345. The molecule has 4 nitrogen and oxygen atoms in total. The van der Waals surface area contributed by atoms with Crippen molar-refractivity contribution >= 4 is 5.91 Å². The average molecular weight is 223 g/mol. The van der Waals surface area contributed by atoms with Gasteiger partial charge in [-0.05, 0) is 12.3 Å². The second kappa shape index (κ2) is 6.30. The van der Waals surface area contributed by atoms with E-state index in [4.69, 9.17) is 0 Å². The van der Waals surface area contributed by atoms with E-state index in [9.17, 15) is 4.79 Å². The lowest BCUT2D eigenvalue weighted by Gasteiger charge is -2.21. The van der Waals surface area contributed by atoms with Crippen LogP contribution in [0.3, 0.4) is 0 Å². The molecule has 0 aromatic carbocycles. The van der Waals surface area contributed by atoms with Crippen LogP contribution in [-0.4, -0.2) is 22.0 Å². The number of hydrogen-bond acceptors (Lipinski definition) is 2. The van der Waals surface area contributed by atoms with Crippen molar-refractivity contribution in [2.45, 2.75) is 39.7 Å². The normalized spacial score (nSPS) is 12.8. The van der Waals surface area contributed by atoms with Gasteiger partial charge in [-0.25, -0.2) is 4.98 Å². The van der Waals surface area contributed by atoms with Gasteiger partial charge in [0.1, 0.15) is 6.04 Å². The van der Waals surface area contributed by atoms with Gasteiger partial charge in [0.15, 0.2) is 0 Å². The molecular formula is C12H21N3O. The molecule has 1 amide bonds. The summed E-state index contributed by atoms with van der Waals surface area (Å²) < 4.78 is 1.87. The van der Waals surface area contributed by atoms with Gasteiger partial charge in [-0.1, -0.05) is 27.2 Å². The number of hydrogen-bond donors (Lipinski definition) is 1. The second-order valence-electron chi connectivity index (χ2n) is 4.34. The summed E-state index contributed by atoms with van der Waals surface area (Å²) >= 11 is 0. The Morgan fingerprint density at radius 1 is 1.50 bits per heavy atom. The summed E-state index contributed by atoms with van der Waals surface area (Å²) in [5.41, 5.74) is 0. The van der Waals surface area contributed by atoms with Crippen LogP contribution in [0, 0.1) is 5.92 Å². The fraction of sp³-hybridized carbons (Fsp3) is 0.667. The van der Waals surface area contributed by atoms with Crippen molar-refractivity contribution in [3.05, 3.63) is 18.7 Å². The van der Waals surface area contributed by atoms with Crippen molar-refractivity contribution in [1.82, 2.24) is 14.9 Å². The minimum Gasteiger partial charge on any atom is -0.354 e. The molecule has 0 aliphatic rings. The van der Waals surface area contributed by atoms with Gasteiger partial charge in [0.25, 0.3) is 0 Å². The van der Waals surface area contributed by atoms with Gasteiger partial charge in [0, 0.05) is 18.9 Å². The summed E-state index contributed by atoms with van der Waals surface area (Å²) in [4.78, 5) is 16.0. The molecule has 16 heavy (non-hydrogen) atoms. The zero-order valence-electron chi connectivity index (χ0n) is 10.3. The highest BCUT2D eigenvalue weighted by Crippen LogP contribution is 2.17. The predicted molar refractivity (Wildman–Crippen MR) is 64.0 cm³/mol. The molecule has 0 bridgehead atoms. The van der Waals surface area contributed by atoms with Gasteiger partial charge in [-0.2, -0.15) is 0 Å². The molecule has 0 saturated heterocycles. The standard InChI is InChI=1S/C12H21N3O/c1-4-5-6-14-12(16)11(10(2)3)15-8-7-13-9-15/h7-11H,4-6H2,1-3H3,(H,14,16)/t11-/m0/s1. The van der Waals surface area contributed by atoms with Crippen molar-refractivity contribution in [3.8, 4) is 0 Å². The third-order valence-corrected chi connectivity index (χ3v) is 2.58. The minimum absolute atomic E-state index is 0.0847. The van der Waals surface area contributed by atoms with E-state index in [1.54, 1.807) is 12.5 Å². The Kier molecular flexibility index (Phi) is 5.02. The first-order chi connectivity index (χ1) is 7.66. The second-order valence-corrected chi connectivity index (χ2v) is 4.34. The van der Waals surface area contributed by atoms with Crippen molar-refractivity contribution < 1.29 is 4.79 Å². The Morgan fingerprint density at radius 2 is 2.25 bits per heavy atom. The molecule has 1 aromatic heterocycles. The van der Waals surface area contributed by atoms with Crippen molar-refractivity contribution in [3.63, 3.8) is 0 Å². The smallest absolute Gasteiger partial charge is 0.243 e. The first-order valence-electron chi connectivity index (χ1n) is 5.92. The SMILES string of the molecule is CCCCNC(=O)[C@H](C(C)C)n1ccnc1. The number of aromatic nitrogens is 2. The molecule has 0 spiro atoms. The molecule has 0 aliphatic heterocycles. The summed E-state index contributed by atoms with van der Waals surface area (Å²) in [5, 5.41) is 2.97. The topological polar surface area (TPSA) is 46.9 Å². The zero-order valence-corrected chi connectivity index (χ0v) is 10.3. The number of rotatable bonds is 6. The number of amides is 1. The molecule has 1 aromatic rings. The van der Waals surface area contributed by atoms with E-state index in [-0.39, 0.29) is 17.9 Å². The van der Waals surface area contributed by atoms with Crippen LogP contribution in [0.4, 0.5) is 0 Å². The number of unbranched alkanes of at least 4 members (excludes halogenated alkanes) is 1. The number of nitrogens with one attached hydrogen (secondary N) is 1. The minimum atomic E-state index is -0.153. The van der Waals surface area contributed by atoms with Crippen LogP contribution in [0.1, 0.15) is 39.7 Å². The Hall–Kier alpha value is -1.32. The molecule has 1 rings (SSSR count). The maximum atomic E-state index is 12.0. The molecule has 0 radical (unpaired) electrons. The average Bonchev–Trinajstić information content (AvgIpc) is 2.71. The van der Waals surface area contributed by atoms with E-state index in [0.717, 1.165) is 19.4 Å². The highest BCUT2D eigenvalue weighted by Gasteiger charge is 2.22. The number of carbonyl (C=O) groups excluding carboxylic acids is 1. The molecule has 0 unspecified atom stereocenters. The highest BCUT2D eigenvalue weighted by atomic mass is 16.2. The van der Waals surface area contributed by atoms with E-state index in [0.29, 0.717) is 0 Å². The van der Waals surface area contributed by atoms with Gasteiger partial charge in [-0.3, -0.25) is 4.79 Å². The quantitative estimate of drug-likeness (QED) is 0.750. The first kappa shape index (κ1) is 12.7. The fourth-order valence-corrected chi connectivity index (χ4v) is 1.71. The highest BCUT2D eigenvalue weighted by molar-refractivity contribution is 5.80. The Labute approximate surface area is 97.1 Å². The third-order valence-electron chi connectivity index (χ3n) is 2.58. The summed E-state index contributed by atoms with van der Waals surface area (Å²) in [6, 6.07) is -0.153. The van der Waals surface area contributed by atoms with E-state index >= 15 is 0 Å². The predicted octanol–water partition coefficient (Wildman–Crippen LogP) is 2.00. The van der Waals surface area contributed by atoms with Gasteiger partial charge in [0.2, 0.25) is 5.91 Å². The number of carbonyl (C=O) groups is 1. The molecule has 0 saturated carbocycles. The summed E-state index contributed by atoms with van der Waals surface area (Å²) in [6.45, 7) is 6.96. The molecule has 0 aliphatic carbocycles. The van der Waals surface area contributed by atoms with Crippen LogP contribution in [0.25, 0.3) is 0 Å². The Morgan fingerprint density at radius 3 is 2.75 bits per heavy atom. The largest absolute Gasteiger partial charge is 0.354 e. The van der Waals surface area contributed by atoms with Gasteiger partial charge in [-0.15, -0.1) is 0 Å². The number of nitrogens with zero attached hydrogens (tertiary/aromatic N) is 2. The van der Waals surface area contributed by atoms with Crippen LogP contribution in [0.2, 0.25) is 0 Å². The fourth-order valence-electron chi connectivity index (χ4n) is 1.71. The van der Waals surface area contributed by atoms with Crippen LogP contribution in [-0.2, 0) is 4.79 Å². The van der Waals surface area contributed by atoms with Crippen LogP contribution in [0.15, 0.2) is 18.7 Å². The maximum Gasteiger partial charge on any atom is 0.243 e. The lowest BCUT2D eigenvalue weighted by Crippen LogP contribution is -2.35. The molecule has 1 heterocycles. The molecule has 4 heteroatoms. The van der Waals surface area contributed by atoms with Gasteiger partial charge in [0.05, 0.1) is 6.33 Å². The number of imidazole rings is 1.